The summed E-state index contributed by atoms with van der Waals surface area (Å²) < 4.78 is 38.1. The quantitative estimate of drug-likeness (QED) is 0.866. The Morgan fingerprint density at radius 1 is 1.35 bits per heavy atom. The number of nitrogen functional groups attached to an aromatic ring is 1. The van der Waals surface area contributed by atoms with Crippen LogP contribution in [0.2, 0.25) is 0 Å². The van der Waals surface area contributed by atoms with Gasteiger partial charge in [0.2, 0.25) is 0 Å². The van der Waals surface area contributed by atoms with E-state index in [1.807, 2.05) is 0 Å². The molecule has 0 unspecified atom stereocenters. The maximum Gasteiger partial charge on any atom is 0.176 e. The van der Waals surface area contributed by atoms with E-state index in [0.29, 0.717) is 11.1 Å². The first-order chi connectivity index (χ1) is 9.46. The molecule has 0 spiro atoms. The van der Waals surface area contributed by atoms with Gasteiger partial charge in [0.1, 0.15) is 19.0 Å². The number of hydrogen-bond acceptors (Lipinski definition) is 4. The lowest BCUT2D eigenvalue weighted by atomic mass is 9.70. The Kier molecular flexibility index (Phi) is 4.01. The van der Waals surface area contributed by atoms with Crippen molar-refractivity contribution in [1.29, 1.82) is 0 Å². The molecule has 0 aromatic heterocycles. The monoisotopic (exact) mass is 289 g/mol. The molecule has 0 aliphatic heterocycles. The average Bonchev–Trinajstić information content (AvgIpc) is 2.40. The Morgan fingerprint density at radius 2 is 1.95 bits per heavy atom. The molecule has 0 fully saturated rings. The van der Waals surface area contributed by atoms with Gasteiger partial charge in [-0.15, -0.1) is 0 Å². The van der Waals surface area contributed by atoms with E-state index in [0.717, 1.165) is 6.07 Å². The van der Waals surface area contributed by atoms with Crippen LogP contribution in [0.3, 0.4) is 0 Å². The number of hydrogen-bond donors (Lipinski definition) is 1. The van der Waals surface area contributed by atoms with Crippen molar-refractivity contribution in [2.45, 2.75) is 19.8 Å². The highest BCUT2D eigenvalue weighted by molar-refractivity contribution is 6.07. The van der Waals surface area contributed by atoms with Crippen LogP contribution in [0.5, 0.6) is 0 Å². The predicted molar refractivity (Wildman–Crippen MR) is 64.8 cm³/mol. The molecule has 2 rings (SSSR count). The average molecular weight is 289 g/mol. The number of carbonyl (C=O) groups is 1. The Morgan fingerprint density at radius 3 is 2.50 bits per heavy atom. The maximum atomic E-state index is 13.6. The fraction of sp³-hybridized carbons (Fsp3) is 0.462. The van der Waals surface area contributed by atoms with E-state index in [1.54, 1.807) is 0 Å². The number of nitrogens with two attached hydrogens (primary N) is 1. The standard InChI is InChI=1S/C13H14F3NO3/c1-7-8-2-3-13(5-19-15,6-20-16)12(18)11(8)10(17)4-9(7)14/h4H,2-3,5-6,17H2,1H3. The number of ketones is 1. The van der Waals surface area contributed by atoms with Crippen molar-refractivity contribution in [2.75, 3.05) is 18.9 Å². The van der Waals surface area contributed by atoms with Crippen LogP contribution in [0, 0.1) is 18.2 Å². The topological polar surface area (TPSA) is 61.6 Å². The smallest absolute Gasteiger partial charge is 0.176 e. The second-order valence-corrected chi connectivity index (χ2v) is 5.04. The molecule has 110 valence electrons. The zero-order valence-corrected chi connectivity index (χ0v) is 10.8. The van der Waals surface area contributed by atoms with Crippen molar-refractivity contribution in [3.8, 4) is 0 Å². The predicted octanol–water partition coefficient (Wildman–Crippen LogP) is 2.63. The van der Waals surface area contributed by atoms with E-state index in [9.17, 15) is 18.2 Å². The van der Waals surface area contributed by atoms with Crippen LogP contribution >= 0.6 is 0 Å². The van der Waals surface area contributed by atoms with Gasteiger partial charge in [0, 0.05) is 11.3 Å². The first kappa shape index (κ1) is 14.8. The summed E-state index contributed by atoms with van der Waals surface area (Å²) in [4.78, 5) is 19.6. The van der Waals surface area contributed by atoms with Crippen molar-refractivity contribution >= 4 is 11.5 Å². The Labute approximate surface area is 113 Å². The van der Waals surface area contributed by atoms with Crippen molar-refractivity contribution in [3.63, 3.8) is 0 Å². The van der Waals surface area contributed by atoms with E-state index in [-0.39, 0.29) is 24.1 Å². The minimum absolute atomic E-state index is 0.0464. The van der Waals surface area contributed by atoms with E-state index in [4.69, 9.17) is 5.73 Å². The van der Waals surface area contributed by atoms with Crippen LogP contribution in [0.25, 0.3) is 0 Å². The van der Waals surface area contributed by atoms with Crippen LogP contribution in [0.15, 0.2) is 6.07 Å². The summed E-state index contributed by atoms with van der Waals surface area (Å²) in [6.45, 7) is 0.265. The second-order valence-electron chi connectivity index (χ2n) is 5.04. The number of benzene rings is 1. The van der Waals surface area contributed by atoms with E-state index >= 15 is 0 Å². The van der Waals surface area contributed by atoms with Gasteiger partial charge in [-0.25, -0.2) is 4.39 Å². The van der Waals surface area contributed by atoms with Gasteiger partial charge in [-0.1, -0.05) is 0 Å². The lowest BCUT2D eigenvalue weighted by Gasteiger charge is -2.34. The van der Waals surface area contributed by atoms with Crippen molar-refractivity contribution < 1.29 is 28.1 Å². The lowest BCUT2D eigenvalue weighted by molar-refractivity contribution is -0.201. The summed E-state index contributed by atoms with van der Waals surface area (Å²) >= 11 is 0. The summed E-state index contributed by atoms with van der Waals surface area (Å²) in [6, 6.07) is 1.04. The van der Waals surface area contributed by atoms with Crippen LogP contribution in [0.4, 0.5) is 19.1 Å². The van der Waals surface area contributed by atoms with Gasteiger partial charge < -0.3 is 5.73 Å². The van der Waals surface area contributed by atoms with E-state index < -0.39 is 30.2 Å². The molecule has 0 radical (unpaired) electrons. The Hall–Kier alpha value is -1.60. The zero-order chi connectivity index (χ0) is 14.9. The van der Waals surface area contributed by atoms with Gasteiger partial charge in [-0.3, -0.25) is 4.79 Å². The van der Waals surface area contributed by atoms with Crippen molar-refractivity contribution in [3.05, 3.63) is 28.6 Å². The summed E-state index contributed by atoms with van der Waals surface area (Å²) in [6.07, 6.45) is 0.359. The van der Waals surface area contributed by atoms with E-state index in [2.05, 4.69) is 9.88 Å². The minimum Gasteiger partial charge on any atom is -0.398 e. The summed E-state index contributed by atoms with van der Waals surface area (Å²) in [5.41, 5.74) is 5.05. The molecular formula is C13H14F3NO3. The largest absolute Gasteiger partial charge is 0.398 e. The molecule has 1 aromatic carbocycles. The molecule has 0 saturated carbocycles. The van der Waals surface area contributed by atoms with Crippen molar-refractivity contribution in [1.82, 2.24) is 0 Å². The highest BCUT2D eigenvalue weighted by Gasteiger charge is 2.45. The van der Waals surface area contributed by atoms with Gasteiger partial charge in [0.15, 0.2) is 5.78 Å². The number of fused-ring (bicyclic) bond motifs is 1. The molecule has 1 aliphatic rings. The highest BCUT2D eigenvalue weighted by Crippen LogP contribution is 2.40. The fourth-order valence-electron chi connectivity index (χ4n) is 2.67. The molecule has 0 saturated heterocycles. The first-order valence-electron chi connectivity index (χ1n) is 6.06. The van der Waals surface area contributed by atoms with Crippen molar-refractivity contribution in [2.24, 2.45) is 5.41 Å². The molecule has 20 heavy (non-hydrogen) atoms. The van der Waals surface area contributed by atoms with E-state index in [1.165, 1.54) is 6.92 Å². The number of Topliss-reactive ketones (excluding diaryl/α,β-unsaturated/α-hetero) is 1. The molecule has 0 amide bonds. The minimum atomic E-state index is -1.48. The van der Waals surface area contributed by atoms with Crippen LogP contribution < -0.4 is 5.73 Å². The molecule has 4 nitrogen and oxygen atoms in total. The fourth-order valence-corrected chi connectivity index (χ4v) is 2.67. The number of carbonyl (C=O) groups excluding carboxylic acids is 1. The Bertz CT molecular complexity index is 542. The van der Waals surface area contributed by atoms with Gasteiger partial charge in [0.25, 0.3) is 0 Å². The van der Waals surface area contributed by atoms with Gasteiger partial charge in [0.05, 0.1) is 5.41 Å². The lowest BCUT2D eigenvalue weighted by Crippen LogP contribution is -2.43. The SMILES string of the molecule is Cc1c(F)cc(N)c2c1CCC(COF)(COF)C2=O. The zero-order valence-electron chi connectivity index (χ0n) is 10.8. The molecule has 1 aliphatic carbocycles. The Balaban J connectivity index is 2.55. The second kappa shape index (κ2) is 5.41. The van der Waals surface area contributed by atoms with Crippen LogP contribution in [-0.2, 0) is 16.3 Å². The highest BCUT2D eigenvalue weighted by atomic mass is 19.3. The molecular weight excluding hydrogens is 275 g/mol. The van der Waals surface area contributed by atoms with Crippen LogP contribution in [0.1, 0.15) is 27.9 Å². The molecule has 0 heterocycles. The molecule has 1 aromatic rings. The van der Waals surface area contributed by atoms with Gasteiger partial charge >= 0.3 is 0 Å². The summed E-state index contributed by atoms with van der Waals surface area (Å²) in [5.74, 6) is -1.10. The third-order valence-corrected chi connectivity index (χ3v) is 3.91. The number of halogens is 3. The van der Waals surface area contributed by atoms with Gasteiger partial charge in [-0.2, -0.15) is 9.88 Å². The summed E-state index contributed by atoms with van der Waals surface area (Å²) in [7, 11) is 0. The van der Waals surface area contributed by atoms with Crippen LogP contribution in [-0.4, -0.2) is 19.0 Å². The molecule has 7 heteroatoms. The molecule has 0 atom stereocenters. The molecule has 2 N–H and O–H groups in total. The van der Waals surface area contributed by atoms with Gasteiger partial charge in [-0.05, 0) is 46.0 Å². The third-order valence-electron chi connectivity index (χ3n) is 3.91. The maximum absolute atomic E-state index is 13.6. The number of anilines is 1. The first-order valence-corrected chi connectivity index (χ1v) is 6.06. The number of rotatable bonds is 4. The molecule has 0 bridgehead atoms. The third kappa shape index (κ3) is 2.16. The summed E-state index contributed by atoms with van der Waals surface area (Å²) in [5, 5.41) is 0. The normalized spacial score (nSPS) is 17.1.